The van der Waals surface area contributed by atoms with E-state index in [-0.39, 0.29) is 22.4 Å². The van der Waals surface area contributed by atoms with Gasteiger partial charge in [0, 0.05) is 29.0 Å². The van der Waals surface area contributed by atoms with E-state index in [1.807, 2.05) is 12.1 Å². The number of aromatic nitrogens is 3. The molecule has 0 atom stereocenters. The summed E-state index contributed by atoms with van der Waals surface area (Å²) in [6.07, 6.45) is -0.579. The summed E-state index contributed by atoms with van der Waals surface area (Å²) in [5, 5.41) is 18.2. The Morgan fingerprint density at radius 1 is 1.09 bits per heavy atom. The Morgan fingerprint density at radius 3 is 2.43 bits per heavy atom. The predicted molar refractivity (Wildman–Crippen MR) is 165 cm³/mol. The second-order valence-corrected chi connectivity index (χ2v) is 12.4. The molecule has 1 aliphatic carbocycles. The van der Waals surface area contributed by atoms with Gasteiger partial charge in [-0.15, -0.1) is 0 Å². The number of halogens is 4. The van der Waals surface area contributed by atoms with Crippen LogP contribution in [0.5, 0.6) is 0 Å². The number of anilines is 1. The minimum Gasteiger partial charge on any atom is -0.390 e. The number of hydrogen-bond donors (Lipinski definition) is 2. The molecule has 44 heavy (non-hydrogen) atoms. The van der Waals surface area contributed by atoms with E-state index in [1.165, 1.54) is 6.07 Å². The van der Waals surface area contributed by atoms with Gasteiger partial charge in [0.15, 0.2) is 0 Å². The number of benzene rings is 2. The normalized spacial score (nSPS) is 14.6. The number of aryl methyl sites for hydroxylation is 1. The number of carbonyl (C=O) groups excluding carboxylic acids is 2. The van der Waals surface area contributed by atoms with Gasteiger partial charge in [0.05, 0.1) is 40.3 Å². The van der Waals surface area contributed by atoms with E-state index >= 15 is 0 Å². The van der Waals surface area contributed by atoms with Crippen LogP contribution in [0.4, 0.5) is 18.9 Å². The summed E-state index contributed by atoms with van der Waals surface area (Å²) >= 11 is 3.31. The summed E-state index contributed by atoms with van der Waals surface area (Å²) in [7, 11) is 1.73. The Hall–Kier alpha value is -3.77. The van der Waals surface area contributed by atoms with Crippen LogP contribution >= 0.6 is 15.9 Å². The molecule has 4 aromatic rings. The number of pyridine rings is 1. The lowest BCUT2D eigenvalue weighted by atomic mass is 9.98. The molecular formula is C32H33BrF3N5O3. The maximum absolute atomic E-state index is 13.6. The molecule has 0 saturated heterocycles. The van der Waals surface area contributed by atoms with E-state index in [9.17, 15) is 27.9 Å². The second kappa shape index (κ2) is 12.3. The molecule has 8 nitrogen and oxygen atoms in total. The molecule has 0 spiro atoms. The molecule has 12 heteroatoms. The first-order chi connectivity index (χ1) is 20.7. The Balaban J connectivity index is 1.30. The highest BCUT2D eigenvalue weighted by Gasteiger charge is 2.34. The van der Waals surface area contributed by atoms with Crippen molar-refractivity contribution in [3.8, 4) is 0 Å². The Labute approximate surface area is 261 Å². The zero-order valence-electron chi connectivity index (χ0n) is 24.6. The first-order valence-corrected chi connectivity index (χ1v) is 15.1. The van der Waals surface area contributed by atoms with Crippen LogP contribution in [0.25, 0.3) is 10.9 Å². The summed E-state index contributed by atoms with van der Waals surface area (Å²) in [6.45, 7) is 4.30. The van der Waals surface area contributed by atoms with Gasteiger partial charge in [-0.3, -0.25) is 14.3 Å². The highest BCUT2D eigenvalue weighted by Crippen LogP contribution is 2.34. The number of hydrogen-bond acceptors (Lipinski definition) is 5. The van der Waals surface area contributed by atoms with Crippen LogP contribution in [0.1, 0.15) is 75.5 Å². The van der Waals surface area contributed by atoms with Crippen LogP contribution in [0.15, 0.2) is 53.0 Å². The van der Waals surface area contributed by atoms with Gasteiger partial charge in [0.25, 0.3) is 11.8 Å². The minimum atomic E-state index is -4.72. The van der Waals surface area contributed by atoms with Crippen LogP contribution in [0.2, 0.25) is 0 Å². The SMILES string of the molecule is Cc1nn(Cc2ccc(C(=O)N(C)CCC3(O)CCCC3)cc2)c(C)c1NC(=O)c1cc(C(F)(F)F)nc2ccc(Br)cc12. The summed E-state index contributed by atoms with van der Waals surface area (Å²) in [5.41, 5.74) is 1.00. The van der Waals surface area contributed by atoms with Gasteiger partial charge < -0.3 is 15.3 Å². The predicted octanol–water partition coefficient (Wildman–Crippen LogP) is 6.90. The second-order valence-electron chi connectivity index (χ2n) is 11.5. The molecule has 232 valence electrons. The molecule has 2 N–H and O–H groups in total. The van der Waals surface area contributed by atoms with Gasteiger partial charge in [0.1, 0.15) is 5.69 Å². The molecule has 2 aromatic carbocycles. The monoisotopic (exact) mass is 671 g/mol. The van der Waals surface area contributed by atoms with Gasteiger partial charge in [-0.1, -0.05) is 40.9 Å². The summed E-state index contributed by atoms with van der Waals surface area (Å²) in [4.78, 5) is 31.6. The van der Waals surface area contributed by atoms with Crippen molar-refractivity contribution in [2.24, 2.45) is 0 Å². The van der Waals surface area contributed by atoms with Gasteiger partial charge in [-0.05, 0) is 75.1 Å². The third-order valence-corrected chi connectivity index (χ3v) is 8.75. The Morgan fingerprint density at radius 2 is 1.77 bits per heavy atom. The zero-order chi connectivity index (χ0) is 31.8. The van der Waals surface area contributed by atoms with Gasteiger partial charge in [-0.25, -0.2) is 4.98 Å². The molecule has 0 aliphatic heterocycles. The van der Waals surface area contributed by atoms with Crippen LogP contribution in [0, 0.1) is 13.8 Å². The van der Waals surface area contributed by atoms with E-state index in [1.54, 1.807) is 54.7 Å². The van der Waals surface area contributed by atoms with Gasteiger partial charge in [-0.2, -0.15) is 18.3 Å². The minimum absolute atomic E-state index is 0.0524. The number of carbonyl (C=O) groups is 2. The van der Waals surface area contributed by atoms with Crippen molar-refractivity contribution < 1.29 is 27.9 Å². The smallest absolute Gasteiger partial charge is 0.390 e. The van der Waals surface area contributed by atoms with Gasteiger partial charge in [0.2, 0.25) is 0 Å². The van der Waals surface area contributed by atoms with Crippen molar-refractivity contribution in [1.82, 2.24) is 19.7 Å². The van der Waals surface area contributed by atoms with Crippen molar-refractivity contribution in [2.75, 3.05) is 18.9 Å². The molecule has 2 aromatic heterocycles. The van der Waals surface area contributed by atoms with E-state index in [0.717, 1.165) is 37.3 Å². The summed E-state index contributed by atoms with van der Waals surface area (Å²) in [5.74, 6) is -0.836. The lowest BCUT2D eigenvalue weighted by molar-refractivity contribution is -0.141. The topological polar surface area (TPSA) is 100 Å². The maximum Gasteiger partial charge on any atom is 0.433 e. The average Bonchev–Trinajstić information content (AvgIpc) is 3.53. The summed E-state index contributed by atoms with van der Waals surface area (Å²) in [6, 6.07) is 12.5. The number of alkyl halides is 3. The fourth-order valence-corrected chi connectivity index (χ4v) is 6.01. The lowest BCUT2D eigenvalue weighted by Gasteiger charge is -2.26. The molecule has 1 aliphatic rings. The number of fused-ring (bicyclic) bond motifs is 1. The maximum atomic E-state index is 13.6. The molecule has 5 rings (SSSR count). The first kappa shape index (κ1) is 31.6. The highest BCUT2D eigenvalue weighted by atomic mass is 79.9. The molecule has 0 unspecified atom stereocenters. The van der Waals surface area contributed by atoms with Crippen molar-refractivity contribution >= 4 is 44.3 Å². The number of amides is 2. The van der Waals surface area contributed by atoms with E-state index in [0.29, 0.717) is 46.6 Å². The van der Waals surface area contributed by atoms with Crippen LogP contribution in [0.3, 0.4) is 0 Å². The van der Waals surface area contributed by atoms with Crippen LogP contribution < -0.4 is 5.32 Å². The quantitative estimate of drug-likeness (QED) is 0.212. The standard InChI is InChI=1S/C32H33BrF3N5O3/c1-19-28(38-29(42)25-17-27(32(34,35)36)37-26-11-10-23(33)16-24(25)26)20(2)41(39-19)18-21-6-8-22(9-7-21)30(43)40(3)15-14-31(44)12-4-5-13-31/h6-11,16-17,44H,4-5,12-15,18H2,1-3H3,(H,38,42). The largest absolute Gasteiger partial charge is 0.433 e. The lowest BCUT2D eigenvalue weighted by Crippen LogP contribution is -2.34. The van der Waals surface area contributed by atoms with E-state index < -0.39 is 23.4 Å². The highest BCUT2D eigenvalue weighted by molar-refractivity contribution is 9.10. The molecule has 2 amide bonds. The van der Waals surface area contributed by atoms with Gasteiger partial charge >= 0.3 is 6.18 Å². The molecule has 0 bridgehead atoms. The molecule has 1 saturated carbocycles. The number of nitrogens with one attached hydrogen (secondary N) is 1. The number of aliphatic hydroxyl groups is 1. The third kappa shape index (κ3) is 6.81. The number of rotatable bonds is 8. The van der Waals surface area contributed by atoms with Crippen molar-refractivity contribution in [3.63, 3.8) is 0 Å². The van der Waals surface area contributed by atoms with Crippen LogP contribution in [-0.2, 0) is 12.7 Å². The Kier molecular flexibility index (Phi) is 8.86. The average molecular weight is 673 g/mol. The fourth-order valence-electron chi connectivity index (χ4n) is 5.65. The molecule has 0 radical (unpaired) electrons. The summed E-state index contributed by atoms with van der Waals surface area (Å²) < 4.78 is 43.0. The zero-order valence-corrected chi connectivity index (χ0v) is 26.2. The van der Waals surface area contributed by atoms with Crippen LogP contribution in [-0.4, -0.2) is 55.8 Å². The Bertz CT molecular complexity index is 1710. The molecule has 1 fully saturated rings. The van der Waals surface area contributed by atoms with E-state index in [4.69, 9.17) is 0 Å². The van der Waals surface area contributed by atoms with Crippen molar-refractivity contribution in [2.45, 2.75) is 64.3 Å². The third-order valence-electron chi connectivity index (χ3n) is 8.25. The molecular weight excluding hydrogens is 639 g/mol. The van der Waals surface area contributed by atoms with E-state index in [2.05, 4.69) is 31.3 Å². The number of nitrogens with zero attached hydrogens (tertiary/aromatic N) is 4. The van der Waals surface area contributed by atoms with Crippen molar-refractivity contribution in [1.29, 1.82) is 0 Å². The fraction of sp³-hybridized carbons (Fsp3) is 0.375. The first-order valence-electron chi connectivity index (χ1n) is 14.3. The molecule has 2 heterocycles. The van der Waals surface area contributed by atoms with Crippen molar-refractivity contribution in [3.05, 3.63) is 86.8 Å².